The second-order valence-corrected chi connectivity index (χ2v) is 4.95. The van der Waals surface area contributed by atoms with E-state index in [0.29, 0.717) is 12.5 Å². The molecule has 0 radical (unpaired) electrons. The van der Waals surface area contributed by atoms with Gasteiger partial charge in [0.25, 0.3) is 0 Å². The normalized spacial score (nSPS) is 27.9. The summed E-state index contributed by atoms with van der Waals surface area (Å²) in [6, 6.07) is 0.176. The monoisotopic (exact) mass is 228 g/mol. The second-order valence-electron chi connectivity index (χ2n) is 4.95. The third kappa shape index (κ3) is 2.74. The highest BCUT2D eigenvalue weighted by Crippen LogP contribution is 2.21. The van der Waals surface area contributed by atoms with Crippen molar-refractivity contribution >= 4 is 5.91 Å². The molecule has 1 N–H and O–H groups in total. The van der Waals surface area contributed by atoms with Crippen LogP contribution in [-0.2, 0) is 9.53 Å². The van der Waals surface area contributed by atoms with Crippen molar-refractivity contribution in [1.29, 1.82) is 0 Å². The number of hydrogen-bond acceptors (Lipinski definition) is 3. The van der Waals surface area contributed by atoms with Gasteiger partial charge in [-0.15, -0.1) is 0 Å². The number of hydrogen-bond donors (Lipinski definition) is 1. The molecule has 0 aliphatic carbocycles. The minimum atomic E-state index is -0.0580. The lowest BCUT2D eigenvalue weighted by Crippen LogP contribution is -2.46. The average Bonchev–Trinajstić information content (AvgIpc) is 2.52. The van der Waals surface area contributed by atoms with Crippen LogP contribution in [0.5, 0.6) is 0 Å². The summed E-state index contributed by atoms with van der Waals surface area (Å²) >= 11 is 0. The number of rotatable bonds is 5. The molecule has 16 heavy (non-hydrogen) atoms. The summed E-state index contributed by atoms with van der Waals surface area (Å²) in [4.78, 5) is 14.0. The summed E-state index contributed by atoms with van der Waals surface area (Å²) in [7, 11) is 1.69. The van der Waals surface area contributed by atoms with Gasteiger partial charge in [0, 0.05) is 19.8 Å². The standard InChI is InChI=1S/C12H24N2O2/c1-8(2)11-13-10(4)12(15)14(11)9(3)6-7-16-5/h8-11,13H,6-7H2,1-5H3. The largest absolute Gasteiger partial charge is 0.385 e. The Bertz CT molecular complexity index is 243. The Morgan fingerprint density at radius 3 is 2.56 bits per heavy atom. The summed E-state index contributed by atoms with van der Waals surface area (Å²) in [5, 5.41) is 3.35. The van der Waals surface area contributed by atoms with Crippen molar-refractivity contribution in [3.63, 3.8) is 0 Å². The van der Waals surface area contributed by atoms with E-state index in [1.807, 2.05) is 11.8 Å². The molecular formula is C12H24N2O2. The molecule has 0 aromatic heterocycles. The maximum Gasteiger partial charge on any atom is 0.240 e. The Hall–Kier alpha value is -0.610. The minimum Gasteiger partial charge on any atom is -0.385 e. The van der Waals surface area contributed by atoms with Crippen molar-refractivity contribution in [3.05, 3.63) is 0 Å². The van der Waals surface area contributed by atoms with Crippen LogP contribution in [0.15, 0.2) is 0 Å². The number of nitrogens with one attached hydrogen (secondary N) is 1. The number of nitrogens with zero attached hydrogens (tertiary/aromatic N) is 1. The van der Waals surface area contributed by atoms with Crippen LogP contribution in [0.1, 0.15) is 34.1 Å². The van der Waals surface area contributed by atoms with Crippen LogP contribution in [0.4, 0.5) is 0 Å². The first-order valence-corrected chi connectivity index (χ1v) is 6.06. The third-order valence-corrected chi connectivity index (χ3v) is 3.19. The Labute approximate surface area is 98.3 Å². The van der Waals surface area contributed by atoms with Crippen molar-refractivity contribution < 1.29 is 9.53 Å². The van der Waals surface area contributed by atoms with Crippen LogP contribution in [-0.4, -0.2) is 42.8 Å². The fraction of sp³-hybridized carbons (Fsp3) is 0.917. The summed E-state index contributed by atoms with van der Waals surface area (Å²) in [5.41, 5.74) is 0. The van der Waals surface area contributed by atoms with E-state index in [9.17, 15) is 4.79 Å². The number of methoxy groups -OCH3 is 1. The van der Waals surface area contributed by atoms with Crippen LogP contribution >= 0.6 is 0 Å². The molecule has 1 amide bonds. The smallest absolute Gasteiger partial charge is 0.240 e. The molecular weight excluding hydrogens is 204 g/mol. The lowest BCUT2D eigenvalue weighted by atomic mass is 10.1. The van der Waals surface area contributed by atoms with E-state index in [1.54, 1.807) is 7.11 Å². The maximum absolute atomic E-state index is 12.0. The van der Waals surface area contributed by atoms with Gasteiger partial charge in [-0.3, -0.25) is 10.1 Å². The molecule has 1 rings (SSSR count). The van der Waals surface area contributed by atoms with Crippen LogP contribution in [0.25, 0.3) is 0 Å². The molecule has 1 aliphatic rings. The first kappa shape index (κ1) is 13.5. The molecule has 1 heterocycles. The lowest BCUT2D eigenvalue weighted by Gasteiger charge is -2.32. The third-order valence-electron chi connectivity index (χ3n) is 3.19. The Morgan fingerprint density at radius 1 is 1.44 bits per heavy atom. The van der Waals surface area contributed by atoms with E-state index < -0.39 is 0 Å². The number of amides is 1. The quantitative estimate of drug-likeness (QED) is 0.769. The molecule has 0 spiro atoms. The Kier molecular flexibility index (Phi) is 4.74. The molecule has 0 saturated carbocycles. The SMILES string of the molecule is COCCC(C)N1C(=O)C(C)NC1C(C)C. The fourth-order valence-corrected chi connectivity index (χ4v) is 2.20. The average molecular weight is 228 g/mol. The van der Waals surface area contributed by atoms with Gasteiger partial charge in [0.15, 0.2) is 0 Å². The van der Waals surface area contributed by atoms with Crippen LogP contribution in [0, 0.1) is 5.92 Å². The highest BCUT2D eigenvalue weighted by molar-refractivity contribution is 5.84. The van der Waals surface area contributed by atoms with E-state index in [1.165, 1.54) is 0 Å². The van der Waals surface area contributed by atoms with Gasteiger partial charge in [0.2, 0.25) is 5.91 Å². The molecule has 0 bridgehead atoms. The van der Waals surface area contributed by atoms with Gasteiger partial charge >= 0.3 is 0 Å². The zero-order valence-electron chi connectivity index (χ0n) is 11.0. The van der Waals surface area contributed by atoms with Crippen molar-refractivity contribution in [2.75, 3.05) is 13.7 Å². The minimum absolute atomic E-state index is 0.0580. The van der Waals surface area contributed by atoms with Gasteiger partial charge in [-0.05, 0) is 26.2 Å². The van der Waals surface area contributed by atoms with Gasteiger partial charge in [-0.25, -0.2) is 0 Å². The van der Waals surface area contributed by atoms with E-state index in [0.717, 1.165) is 6.42 Å². The molecule has 4 nitrogen and oxygen atoms in total. The molecule has 0 aromatic carbocycles. The molecule has 1 saturated heterocycles. The molecule has 0 aromatic rings. The van der Waals surface area contributed by atoms with Gasteiger partial charge < -0.3 is 9.64 Å². The van der Waals surface area contributed by atoms with Crippen molar-refractivity contribution in [2.45, 2.75) is 52.4 Å². The van der Waals surface area contributed by atoms with Crippen LogP contribution in [0.2, 0.25) is 0 Å². The zero-order chi connectivity index (χ0) is 12.3. The van der Waals surface area contributed by atoms with Gasteiger partial charge in [0.1, 0.15) is 0 Å². The topological polar surface area (TPSA) is 41.6 Å². The molecule has 3 unspecified atom stereocenters. The summed E-state index contributed by atoms with van der Waals surface area (Å²) in [5.74, 6) is 0.640. The summed E-state index contributed by atoms with van der Waals surface area (Å²) in [6.07, 6.45) is 1.05. The Morgan fingerprint density at radius 2 is 2.06 bits per heavy atom. The second kappa shape index (κ2) is 5.64. The maximum atomic E-state index is 12.0. The van der Waals surface area contributed by atoms with E-state index >= 15 is 0 Å². The predicted octanol–water partition coefficient (Wildman–Crippen LogP) is 1.21. The lowest BCUT2D eigenvalue weighted by molar-refractivity contribution is -0.132. The molecule has 1 fully saturated rings. The highest BCUT2D eigenvalue weighted by Gasteiger charge is 2.39. The summed E-state index contributed by atoms with van der Waals surface area (Å²) < 4.78 is 5.07. The Balaban J connectivity index is 2.69. The molecule has 94 valence electrons. The zero-order valence-corrected chi connectivity index (χ0v) is 11.0. The van der Waals surface area contributed by atoms with E-state index in [-0.39, 0.29) is 24.2 Å². The first-order chi connectivity index (χ1) is 7.49. The van der Waals surface area contributed by atoms with Crippen molar-refractivity contribution in [2.24, 2.45) is 5.92 Å². The highest BCUT2D eigenvalue weighted by atomic mass is 16.5. The predicted molar refractivity (Wildman–Crippen MR) is 64.0 cm³/mol. The number of carbonyl (C=O) groups is 1. The van der Waals surface area contributed by atoms with Gasteiger partial charge in [-0.1, -0.05) is 13.8 Å². The fourth-order valence-electron chi connectivity index (χ4n) is 2.20. The van der Waals surface area contributed by atoms with Gasteiger partial charge in [0.05, 0.1) is 12.2 Å². The van der Waals surface area contributed by atoms with E-state index in [2.05, 4.69) is 26.1 Å². The van der Waals surface area contributed by atoms with Crippen LogP contribution in [0.3, 0.4) is 0 Å². The summed E-state index contributed by atoms with van der Waals surface area (Å²) in [6.45, 7) is 9.00. The number of carbonyl (C=O) groups excluding carboxylic acids is 1. The van der Waals surface area contributed by atoms with Crippen LogP contribution < -0.4 is 5.32 Å². The first-order valence-electron chi connectivity index (χ1n) is 6.06. The van der Waals surface area contributed by atoms with Gasteiger partial charge in [-0.2, -0.15) is 0 Å². The van der Waals surface area contributed by atoms with Crippen molar-refractivity contribution in [1.82, 2.24) is 10.2 Å². The molecule has 3 atom stereocenters. The molecule has 4 heteroatoms. The molecule has 1 aliphatic heterocycles. The number of ether oxygens (including phenoxy) is 1. The van der Waals surface area contributed by atoms with Crippen molar-refractivity contribution in [3.8, 4) is 0 Å². The van der Waals surface area contributed by atoms with E-state index in [4.69, 9.17) is 4.74 Å².